The van der Waals surface area contributed by atoms with Gasteiger partial charge in [-0.05, 0) is 43.4 Å². The normalized spacial score (nSPS) is 23.3. The molecule has 0 N–H and O–H groups in total. The van der Waals surface area contributed by atoms with Gasteiger partial charge in [-0.25, -0.2) is 0 Å². The molecule has 0 heteroatoms. The van der Waals surface area contributed by atoms with E-state index in [9.17, 15) is 0 Å². The molecular formula is C15H28. The van der Waals surface area contributed by atoms with Crippen LogP contribution in [0.1, 0.15) is 66.7 Å². The van der Waals surface area contributed by atoms with Crippen LogP contribution in [0.4, 0.5) is 0 Å². The molecule has 1 aliphatic rings. The molecule has 0 spiro atoms. The van der Waals surface area contributed by atoms with Gasteiger partial charge < -0.3 is 0 Å². The fourth-order valence-corrected chi connectivity index (χ4v) is 2.73. The zero-order valence-corrected chi connectivity index (χ0v) is 11.3. The average molecular weight is 208 g/mol. The maximum atomic E-state index is 2.41. The summed E-state index contributed by atoms with van der Waals surface area (Å²) in [4.78, 5) is 0. The average Bonchev–Trinajstić information content (AvgIpc) is 2.07. The molecule has 0 aliphatic heterocycles. The number of rotatable bonds is 5. The zero-order valence-electron chi connectivity index (χ0n) is 11.3. The van der Waals surface area contributed by atoms with Crippen molar-refractivity contribution < 1.29 is 0 Å². The summed E-state index contributed by atoms with van der Waals surface area (Å²) in [5.41, 5.74) is 2.14. The molecule has 88 valence electrons. The van der Waals surface area contributed by atoms with Crippen LogP contribution in [0.25, 0.3) is 0 Å². The fraction of sp³-hybridized carbons (Fsp3) is 0.867. The van der Waals surface area contributed by atoms with Gasteiger partial charge in [-0.3, -0.25) is 0 Å². The number of allylic oxidation sites excluding steroid dienone is 2. The van der Waals surface area contributed by atoms with E-state index in [-0.39, 0.29) is 0 Å². The molecule has 0 aromatic heterocycles. The molecule has 0 fully saturated rings. The van der Waals surface area contributed by atoms with Gasteiger partial charge in [-0.2, -0.15) is 0 Å². The van der Waals surface area contributed by atoms with Crippen molar-refractivity contribution in [1.29, 1.82) is 0 Å². The third kappa shape index (κ3) is 4.86. The molecule has 0 aromatic rings. The van der Waals surface area contributed by atoms with Gasteiger partial charge in [0.25, 0.3) is 0 Å². The number of hydrogen-bond donors (Lipinski definition) is 0. The summed E-state index contributed by atoms with van der Waals surface area (Å²) in [7, 11) is 0. The molecule has 0 saturated heterocycles. The van der Waals surface area contributed by atoms with Crippen molar-refractivity contribution in [3.8, 4) is 0 Å². The molecule has 0 aromatic carbocycles. The van der Waals surface area contributed by atoms with Gasteiger partial charge >= 0.3 is 0 Å². The minimum atomic E-state index is 0.506. The predicted molar refractivity (Wildman–Crippen MR) is 69.0 cm³/mol. The summed E-state index contributed by atoms with van der Waals surface area (Å²) in [5.74, 6) is 1.83. The SMILES string of the molecule is CC1=CCC1CCCC(C)CC(C)(C)C. The first-order valence-corrected chi connectivity index (χ1v) is 6.55. The second-order valence-electron chi connectivity index (χ2n) is 6.68. The van der Waals surface area contributed by atoms with Gasteiger partial charge in [0.1, 0.15) is 0 Å². The lowest BCUT2D eigenvalue weighted by molar-refractivity contribution is 0.288. The molecule has 15 heavy (non-hydrogen) atoms. The lowest BCUT2D eigenvalue weighted by Gasteiger charge is -2.26. The molecule has 0 nitrogen and oxygen atoms in total. The quantitative estimate of drug-likeness (QED) is 0.545. The lowest BCUT2D eigenvalue weighted by Crippen LogP contribution is -2.13. The van der Waals surface area contributed by atoms with Crippen LogP contribution >= 0.6 is 0 Å². The van der Waals surface area contributed by atoms with E-state index in [1.54, 1.807) is 5.57 Å². The smallest absolute Gasteiger partial charge is 0.0171 e. The first-order chi connectivity index (χ1) is 6.88. The van der Waals surface area contributed by atoms with Gasteiger partial charge in [0.15, 0.2) is 0 Å². The van der Waals surface area contributed by atoms with Crippen LogP contribution in [0.5, 0.6) is 0 Å². The summed E-state index contributed by atoms with van der Waals surface area (Å²) < 4.78 is 0. The molecule has 0 radical (unpaired) electrons. The number of hydrogen-bond acceptors (Lipinski definition) is 0. The van der Waals surface area contributed by atoms with E-state index < -0.39 is 0 Å². The summed E-state index contributed by atoms with van der Waals surface area (Å²) in [6.45, 7) is 11.7. The Bertz CT molecular complexity index is 217. The van der Waals surface area contributed by atoms with Crippen molar-refractivity contribution in [2.45, 2.75) is 66.7 Å². The van der Waals surface area contributed by atoms with Crippen LogP contribution in [-0.2, 0) is 0 Å². The first kappa shape index (κ1) is 12.8. The molecule has 1 rings (SSSR count). The fourth-order valence-electron chi connectivity index (χ4n) is 2.73. The van der Waals surface area contributed by atoms with Crippen molar-refractivity contribution >= 4 is 0 Å². The van der Waals surface area contributed by atoms with Crippen LogP contribution in [0, 0.1) is 17.3 Å². The van der Waals surface area contributed by atoms with Gasteiger partial charge in [0.05, 0.1) is 0 Å². The second kappa shape index (κ2) is 5.18. The first-order valence-electron chi connectivity index (χ1n) is 6.55. The molecule has 2 atom stereocenters. The van der Waals surface area contributed by atoms with Crippen molar-refractivity contribution in [2.24, 2.45) is 17.3 Å². The summed E-state index contributed by atoms with van der Waals surface area (Å²) in [6.07, 6.45) is 9.36. The van der Waals surface area contributed by atoms with Gasteiger partial charge in [0, 0.05) is 0 Å². The third-order valence-electron chi connectivity index (χ3n) is 3.58. The van der Waals surface area contributed by atoms with Crippen molar-refractivity contribution in [1.82, 2.24) is 0 Å². The Balaban J connectivity index is 2.07. The van der Waals surface area contributed by atoms with Crippen molar-refractivity contribution in [2.75, 3.05) is 0 Å². The Morgan fingerprint density at radius 3 is 2.47 bits per heavy atom. The van der Waals surface area contributed by atoms with Gasteiger partial charge in [-0.1, -0.05) is 52.2 Å². The Hall–Kier alpha value is -0.260. The van der Waals surface area contributed by atoms with E-state index in [1.165, 1.54) is 32.1 Å². The molecule has 1 aliphatic carbocycles. The van der Waals surface area contributed by atoms with Crippen LogP contribution < -0.4 is 0 Å². The van der Waals surface area contributed by atoms with E-state index in [0.717, 1.165) is 11.8 Å². The van der Waals surface area contributed by atoms with Crippen molar-refractivity contribution in [3.63, 3.8) is 0 Å². The Morgan fingerprint density at radius 2 is 2.07 bits per heavy atom. The highest BCUT2D eigenvalue weighted by atomic mass is 14.2. The molecule has 0 saturated carbocycles. The summed E-state index contributed by atoms with van der Waals surface area (Å²) in [6, 6.07) is 0. The van der Waals surface area contributed by atoms with Crippen LogP contribution in [0.3, 0.4) is 0 Å². The molecule has 2 unspecified atom stereocenters. The highest BCUT2D eigenvalue weighted by molar-refractivity contribution is 5.14. The third-order valence-corrected chi connectivity index (χ3v) is 3.58. The van der Waals surface area contributed by atoms with Crippen molar-refractivity contribution in [3.05, 3.63) is 11.6 Å². The van der Waals surface area contributed by atoms with Crippen LogP contribution in [-0.4, -0.2) is 0 Å². The standard InChI is InChI=1S/C15H28/c1-12(11-15(3,4)5)7-6-8-14-10-9-13(14)2/h9,12,14H,6-8,10-11H2,1-5H3. The topological polar surface area (TPSA) is 0 Å². The minimum absolute atomic E-state index is 0.506. The molecular weight excluding hydrogens is 180 g/mol. The highest BCUT2D eigenvalue weighted by Gasteiger charge is 2.18. The van der Waals surface area contributed by atoms with Gasteiger partial charge in [-0.15, -0.1) is 0 Å². The molecule has 0 bridgehead atoms. The highest BCUT2D eigenvalue weighted by Crippen LogP contribution is 2.33. The van der Waals surface area contributed by atoms with Crippen LogP contribution in [0.15, 0.2) is 11.6 Å². The molecule has 0 heterocycles. The lowest BCUT2D eigenvalue weighted by atomic mass is 9.79. The van der Waals surface area contributed by atoms with E-state index in [0.29, 0.717) is 5.41 Å². The Morgan fingerprint density at radius 1 is 1.40 bits per heavy atom. The minimum Gasteiger partial charge on any atom is -0.0847 e. The predicted octanol–water partition coefficient (Wildman–Crippen LogP) is 5.20. The summed E-state index contributed by atoms with van der Waals surface area (Å²) >= 11 is 0. The monoisotopic (exact) mass is 208 g/mol. The second-order valence-corrected chi connectivity index (χ2v) is 6.68. The maximum Gasteiger partial charge on any atom is -0.0171 e. The maximum absolute atomic E-state index is 2.41. The Labute approximate surface area is 96.2 Å². The van der Waals surface area contributed by atoms with Gasteiger partial charge in [0.2, 0.25) is 0 Å². The Kier molecular flexibility index (Phi) is 4.43. The molecule has 0 amide bonds. The van der Waals surface area contributed by atoms with E-state index in [4.69, 9.17) is 0 Å². The van der Waals surface area contributed by atoms with Crippen LogP contribution in [0.2, 0.25) is 0 Å². The van der Waals surface area contributed by atoms with E-state index >= 15 is 0 Å². The van der Waals surface area contributed by atoms with E-state index in [2.05, 4.69) is 40.7 Å². The largest absolute Gasteiger partial charge is 0.0847 e. The summed E-state index contributed by atoms with van der Waals surface area (Å²) in [5, 5.41) is 0. The zero-order chi connectivity index (χ0) is 11.5. The van der Waals surface area contributed by atoms with E-state index in [1.807, 2.05) is 0 Å².